The number of hydrogen-bond donors (Lipinski definition) is 2. The van der Waals surface area contributed by atoms with Crippen LogP contribution in [0, 0.1) is 11.8 Å². The summed E-state index contributed by atoms with van der Waals surface area (Å²) in [5.74, 6) is -0.0575. The number of ether oxygens (including phenoxy) is 4. The zero-order valence-electron chi connectivity index (χ0n) is 26.7. The van der Waals surface area contributed by atoms with E-state index < -0.39 is 36.2 Å². The van der Waals surface area contributed by atoms with E-state index in [1.807, 2.05) is 19.1 Å². The Morgan fingerprint density at radius 2 is 1.89 bits per heavy atom. The number of amides is 2. The molecule has 0 radical (unpaired) electrons. The molecule has 248 valence electrons. The van der Waals surface area contributed by atoms with Crippen LogP contribution in [-0.2, 0) is 14.3 Å². The minimum atomic E-state index is -1.13. The van der Waals surface area contributed by atoms with Gasteiger partial charge in [0.2, 0.25) is 11.8 Å². The number of carboxylic acids is 1. The number of nitrogens with zero attached hydrogens (tertiary/aromatic N) is 2. The first-order valence-corrected chi connectivity index (χ1v) is 16.3. The maximum Gasteiger partial charge on any atom is 0.408 e. The fourth-order valence-corrected chi connectivity index (χ4v) is 7.20. The zero-order valence-corrected chi connectivity index (χ0v) is 26.7. The molecule has 2 N–H and O–H groups in total. The van der Waals surface area contributed by atoms with Crippen molar-refractivity contribution in [3.8, 4) is 17.4 Å². The predicted molar refractivity (Wildman–Crippen MR) is 173 cm³/mol. The molecule has 2 amide bonds. The Morgan fingerprint density at radius 3 is 2.57 bits per heavy atom. The molecule has 1 saturated heterocycles. The Balaban J connectivity index is 1.38. The van der Waals surface area contributed by atoms with Gasteiger partial charge >= 0.3 is 12.1 Å². The van der Waals surface area contributed by atoms with Gasteiger partial charge in [-0.1, -0.05) is 31.6 Å². The summed E-state index contributed by atoms with van der Waals surface area (Å²) >= 11 is 0. The van der Waals surface area contributed by atoms with Crippen molar-refractivity contribution < 1.29 is 38.4 Å². The van der Waals surface area contributed by atoms with E-state index in [0.29, 0.717) is 34.9 Å². The van der Waals surface area contributed by atoms with E-state index in [0.717, 1.165) is 56.9 Å². The molecule has 0 unspecified atom stereocenters. The number of hydrogen-bond acceptors (Lipinski definition) is 8. The number of aromatic nitrogens is 1. The number of fused-ring (bicyclic) bond motifs is 1. The Bertz CT molecular complexity index is 1460. The van der Waals surface area contributed by atoms with Crippen LogP contribution in [-0.4, -0.2) is 77.5 Å². The van der Waals surface area contributed by atoms with E-state index in [1.165, 1.54) is 4.90 Å². The average Bonchev–Trinajstić information content (AvgIpc) is 3.82. The third-order valence-electron chi connectivity index (χ3n) is 9.46. The van der Waals surface area contributed by atoms with Gasteiger partial charge in [-0.25, -0.2) is 14.6 Å². The third kappa shape index (κ3) is 7.24. The van der Waals surface area contributed by atoms with Crippen molar-refractivity contribution in [2.45, 2.75) is 89.0 Å². The smallest absolute Gasteiger partial charge is 0.408 e. The summed E-state index contributed by atoms with van der Waals surface area (Å²) in [4.78, 5) is 45.7. The lowest BCUT2D eigenvalue weighted by atomic mass is 9.96. The van der Waals surface area contributed by atoms with Crippen LogP contribution in [0.4, 0.5) is 4.79 Å². The van der Waals surface area contributed by atoms with Crippen molar-refractivity contribution in [3.05, 3.63) is 43.0 Å². The minimum absolute atomic E-state index is 0.0397. The van der Waals surface area contributed by atoms with E-state index in [2.05, 4.69) is 23.5 Å². The molecule has 1 aromatic carbocycles. The van der Waals surface area contributed by atoms with Crippen LogP contribution in [0.5, 0.6) is 17.4 Å². The second-order valence-electron chi connectivity index (χ2n) is 12.4. The lowest BCUT2D eigenvalue weighted by Crippen LogP contribution is -2.55. The Morgan fingerprint density at radius 1 is 1.11 bits per heavy atom. The predicted octanol–water partition coefficient (Wildman–Crippen LogP) is 5.75. The highest BCUT2D eigenvalue weighted by molar-refractivity contribution is 5.91. The van der Waals surface area contributed by atoms with Crippen LogP contribution >= 0.6 is 0 Å². The summed E-state index contributed by atoms with van der Waals surface area (Å²) in [5.41, 5.74) is 1.31. The largest absolute Gasteiger partial charge is 0.496 e. The van der Waals surface area contributed by atoms with Gasteiger partial charge in [0.1, 0.15) is 35.8 Å². The molecule has 11 heteroatoms. The van der Waals surface area contributed by atoms with E-state index in [1.54, 1.807) is 25.3 Å². The van der Waals surface area contributed by atoms with Gasteiger partial charge in [-0.2, -0.15) is 0 Å². The molecular weight excluding hydrogens is 590 g/mol. The number of aliphatic carboxylic acids is 1. The molecule has 2 aromatic rings. The molecule has 46 heavy (non-hydrogen) atoms. The molecule has 0 bridgehead atoms. The number of alkyl carbamates (subject to hydrolysis) is 1. The van der Waals surface area contributed by atoms with Gasteiger partial charge in [-0.05, 0) is 63.4 Å². The highest BCUT2D eigenvalue weighted by Crippen LogP contribution is 2.37. The van der Waals surface area contributed by atoms with Crippen molar-refractivity contribution in [2.24, 2.45) is 11.8 Å². The fraction of sp³-hybridized carbons (Fsp3) is 0.543. The topological polar surface area (TPSA) is 137 Å². The number of carbonyl (C=O) groups is 3. The first kappa shape index (κ1) is 33.1. The summed E-state index contributed by atoms with van der Waals surface area (Å²) in [6.07, 6.45) is 8.98. The maximum absolute atomic E-state index is 14.2. The van der Waals surface area contributed by atoms with Gasteiger partial charge in [-0.3, -0.25) is 4.79 Å². The summed E-state index contributed by atoms with van der Waals surface area (Å²) in [6.45, 7) is 9.98. The van der Waals surface area contributed by atoms with Crippen LogP contribution in [0.25, 0.3) is 17.0 Å². The van der Waals surface area contributed by atoms with Gasteiger partial charge in [0.05, 0.1) is 25.8 Å². The lowest BCUT2D eigenvalue weighted by Gasteiger charge is -2.31. The van der Waals surface area contributed by atoms with Crippen LogP contribution in [0.2, 0.25) is 0 Å². The quantitative estimate of drug-likeness (QED) is 0.264. The highest BCUT2D eigenvalue weighted by atomic mass is 16.6. The molecule has 3 aliphatic rings. The number of carbonyl (C=O) groups excluding carboxylic acids is 2. The highest BCUT2D eigenvalue weighted by Gasteiger charge is 2.45. The normalized spacial score (nSPS) is 23.6. The lowest BCUT2D eigenvalue weighted by molar-refractivity contribution is -0.149. The van der Waals surface area contributed by atoms with Gasteiger partial charge in [0.15, 0.2) is 0 Å². The molecule has 5 rings (SSSR count). The summed E-state index contributed by atoms with van der Waals surface area (Å²) in [6, 6.07) is 3.29. The molecule has 3 fully saturated rings. The van der Waals surface area contributed by atoms with Gasteiger partial charge in [0.25, 0.3) is 0 Å². The summed E-state index contributed by atoms with van der Waals surface area (Å²) in [7, 11) is 1.57. The SMILES string of the molecule is C=CC[C@@H]1CCC[C@H]1OC(=O)N[C@H](C(=O)N1C[C@H](Oc2cc(OCC)nc3cc(OC)c(C=C)cc23)C[C@H]1C(=O)O)C1CCCC1. The van der Waals surface area contributed by atoms with Crippen molar-refractivity contribution in [1.29, 1.82) is 0 Å². The first-order chi connectivity index (χ1) is 22.3. The van der Waals surface area contributed by atoms with Crippen LogP contribution in [0.15, 0.2) is 37.4 Å². The minimum Gasteiger partial charge on any atom is -0.496 e. The Labute approximate surface area is 269 Å². The molecule has 5 atom stereocenters. The number of nitrogens with one attached hydrogen (secondary N) is 1. The number of methoxy groups -OCH3 is 1. The number of carboxylic acid groups (broad SMARTS) is 1. The van der Waals surface area contributed by atoms with Crippen LogP contribution in [0.1, 0.15) is 70.3 Å². The van der Waals surface area contributed by atoms with E-state index in [9.17, 15) is 19.5 Å². The van der Waals surface area contributed by atoms with Crippen molar-refractivity contribution in [3.63, 3.8) is 0 Å². The second-order valence-corrected chi connectivity index (χ2v) is 12.4. The zero-order chi connectivity index (χ0) is 32.8. The summed E-state index contributed by atoms with van der Waals surface area (Å²) < 4.78 is 23.5. The molecular formula is C35H45N3O8. The molecule has 1 aliphatic heterocycles. The maximum atomic E-state index is 14.2. The summed E-state index contributed by atoms with van der Waals surface area (Å²) in [5, 5.41) is 13.7. The van der Waals surface area contributed by atoms with Gasteiger partial charge < -0.3 is 34.3 Å². The van der Waals surface area contributed by atoms with E-state index in [-0.39, 0.29) is 30.9 Å². The number of rotatable bonds is 13. The number of benzene rings is 1. The number of allylic oxidation sites excluding steroid dienone is 1. The molecule has 0 spiro atoms. The Hall–Kier alpha value is -4.28. The van der Waals surface area contributed by atoms with Gasteiger partial charge in [-0.15, -0.1) is 6.58 Å². The van der Waals surface area contributed by atoms with E-state index in [4.69, 9.17) is 18.9 Å². The van der Waals surface area contributed by atoms with Crippen molar-refractivity contribution in [1.82, 2.24) is 15.2 Å². The standard InChI is InChI=1S/C35H45N3O8/c1-5-11-22-14-10-15-28(22)46-35(42)37-32(23-12-8-9-13-23)33(39)38-20-24(17-27(38)34(40)41)45-30-19-31(44-7-3)36-26-18-29(43-4)21(6-2)16-25(26)30/h5-6,16,18-19,22-24,27-28,32H,1-2,7-15,17,20H2,3-4H3,(H,37,42)(H,40,41)/t22-,24-,27+,28-,32+/m1/s1. The van der Waals surface area contributed by atoms with Crippen LogP contribution in [0.3, 0.4) is 0 Å². The molecule has 1 aromatic heterocycles. The third-order valence-corrected chi connectivity index (χ3v) is 9.46. The van der Waals surface area contributed by atoms with Crippen molar-refractivity contribution in [2.75, 3.05) is 20.3 Å². The Kier molecular flexibility index (Phi) is 10.7. The fourth-order valence-electron chi connectivity index (χ4n) is 7.20. The number of pyridine rings is 1. The monoisotopic (exact) mass is 635 g/mol. The second kappa shape index (κ2) is 14.9. The molecule has 2 aliphatic carbocycles. The molecule has 2 heterocycles. The molecule has 2 saturated carbocycles. The van der Waals surface area contributed by atoms with Crippen LogP contribution < -0.4 is 19.5 Å². The average molecular weight is 636 g/mol. The molecule has 11 nitrogen and oxygen atoms in total. The first-order valence-electron chi connectivity index (χ1n) is 16.3. The van der Waals surface area contributed by atoms with E-state index >= 15 is 0 Å². The number of likely N-dealkylation sites (tertiary alicyclic amines) is 1. The van der Waals surface area contributed by atoms with Gasteiger partial charge in [0, 0.05) is 29.5 Å². The van der Waals surface area contributed by atoms with Crippen molar-refractivity contribution >= 4 is 34.9 Å².